The third kappa shape index (κ3) is 5.40. The van der Waals surface area contributed by atoms with Crippen LogP contribution < -0.4 is 15.5 Å². The van der Waals surface area contributed by atoms with Crippen LogP contribution in [0.1, 0.15) is 5.76 Å². The Morgan fingerprint density at radius 2 is 1.71 bits per heavy atom. The first-order chi connectivity index (χ1) is 16.5. The molecule has 180 valence electrons. The van der Waals surface area contributed by atoms with Gasteiger partial charge in [-0.15, -0.1) is 0 Å². The number of anilines is 1. The Balaban J connectivity index is 1.64. The molecule has 11 heteroatoms. The summed E-state index contributed by atoms with van der Waals surface area (Å²) in [6, 6.07) is 13.7. The minimum atomic E-state index is -4.95. The quantitative estimate of drug-likeness (QED) is 0.284. The number of fused-ring (bicyclic) bond motifs is 1. The van der Waals surface area contributed by atoms with Crippen molar-refractivity contribution in [2.24, 2.45) is 0 Å². The number of hydrogen-bond donors (Lipinski definition) is 1. The van der Waals surface area contributed by atoms with Crippen molar-refractivity contribution in [2.45, 2.75) is 6.18 Å². The van der Waals surface area contributed by atoms with Gasteiger partial charge in [0.2, 0.25) is 11.2 Å². The SMILES string of the molecule is O=C(COc1ccc2c(=O)c(-c3ccc(Cl)cc3)c(C(F)(F)F)oc2c1)Nc1cccc(Cl)c1Cl. The van der Waals surface area contributed by atoms with E-state index < -0.39 is 35.4 Å². The summed E-state index contributed by atoms with van der Waals surface area (Å²) in [6.07, 6.45) is -4.95. The maximum absolute atomic E-state index is 13.8. The normalized spacial score (nSPS) is 11.5. The standard InChI is InChI=1S/C24H13Cl3F3NO4/c25-13-6-4-12(5-7-13)20-22(33)15-9-8-14(10-18(15)35-23(20)24(28,29)30)34-11-19(32)31-17-3-1-2-16(26)21(17)27/h1-10H,11H2,(H,31,32). The molecule has 5 nitrogen and oxygen atoms in total. The van der Waals surface area contributed by atoms with E-state index in [1.54, 1.807) is 12.1 Å². The van der Waals surface area contributed by atoms with Gasteiger partial charge in [0, 0.05) is 11.1 Å². The average Bonchev–Trinajstić information content (AvgIpc) is 2.80. The van der Waals surface area contributed by atoms with Crippen molar-refractivity contribution < 1.29 is 27.1 Å². The van der Waals surface area contributed by atoms with Crippen LogP contribution in [0.2, 0.25) is 15.1 Å². The maximum Gasteiger partial charge on any atom is 0.450 e. The maximum atomic E-state index is 13.8. The van der Waals surface area contributed by atoms with Crippen molar-refractivity contribution in [1.82, 2.24) is 0 Å². The zero-order valence-corrected chi connectivity index (χ0v) is 19.6. The van der Waals surface area contributed by atoms with Gasteiger partial charge in [0.25, 0.3) is 5.91 Å². The lowest BCUT2D eigenvalue weighted by Gasteiger charge is -2.14. The number of carbonyl (C=O) groups excluding carboxylic acids is 1. The summed E-state index contributed by atoms with van der Waals surface area (Å²) in [6.45, 7) is -0.492. The van der Waals surface area contributed by atoms with Crippen LogP contribution >= 0.6 is 34.8 Å². The molecule has 1 heterocycles. The molecule has 4 aromatic rings. The highest BCUT2D eigenvalue weighted by Gasteiger charge is 2.39. The Kier molecular flexibility index (Phi) is 6.98. The van der Waals surface area contributed by atoms with Gasteiger partial charge in [-0.2, -0.15) is 13.2 Å². The number of benzene rings is 3. The van der Waals surface area contributed by atoms with Crippen LogP contribution in [-0.2, 0) is 11.0 Å². The van der Waals surface area contributed by atoms with Crippen LogP contribution in [0.3, 0.4) is 0 Å². The summed E-state index contributed by atoms with van der Waals surface area (Å²) in [4.78, 5) is 25.2. The van der Waals surface area contributed by atoms with Crippen LogP contribution in [-0.4, -0.2) is 12.5 Å². The van der Waals surface area contributed by atoms with Crippen molar-refractivity contribution in [1.29, 1.82) is 0 Å². The van der Waals surface area contributed by atoms with Gasteiger partial charge < -0.3 is 14.5 Å². The third-order valence-electron chi connectivity index (χ3n) is 4.85. The highest BCUT2D eigenvalue weighted by Crippen LogP contribution is 2.38. The van der Waals surface area contributed by atoms with Crippen LogP contribution in [0.5, 0.6) is 5.75 Å². The first-order valence-electron chi connectivity index (χ1n) is 9.85. The molecule has 0 aliphatic heterocycles. The molecule has 3 aromatic carbocycles. The summed E-state index contributed by atoms with van der Waals surface area (Å²) in [5.74, 6) is -2.03. The second kappa shape index (κ2) is 9.81. The van der Waals surface area contributed by atoms with Crippen LogP contribution in [0.25, 0.3) is 22.1 Å². The Morgan fingerprint density at radius 1 is 1.00 bits per heavy atom. The molecular formula is C24H13Cl3F3NO4. The number of halogens is 6. The van der Waals surface area contributed by atoms with Gasteiger partial charge in [-0.25, -0.2) is 0 Å². The first-order valence-corrected chi connectivity index (χ1v) is 11.0. The highest BCUT2D eigenvalue weighted by molar-refractivity contribution is 6.44. The number of amides is 1. The number of rotatable bonds is 5. The second-order valence-electron chi connectivity index (χ2n) is 7.24. The Bertz CT molecular complexity index is 1480. The molecule has 0 fully saturated rings. The number of nitrogens with one attached hydrogen (secondary N) is 1. The summed E-state index contributed by atoms with van der Waals surface area (Å²) in [5.41, 5.74) is -1.58. The van der Waals surface area contributed by atoms with Gasteiger partial charge in [-0.3, -0.25) is 9.59 Å². The summed E-state index contributed by atoms with van der Waals surface area (Å²) < 4.78 is 51.8. The average molecular weight is 543 g/mol. The lowest BCUT2D eigenvalue weighted by Crippen LogP contribution is -2.20. The van der Waals surface area contributed by atoms with E-state index in [-0.39, 0.29) is 38.0 Å². The van der Waals surface area contributed by atoms with Gasteiger partial charge in [-0.1, -0.05) is 53.0 Å². The molecule has 35 heavy (non-hydrogen) atoms. The van der Waals surface area contributed by atoms with E-state index in [1.165, 1.54) is 42.5 Å². The Labute approximate surface area is 211 Å². The lowest BCUT2D eigenvalue weighted by molar-refractivity contribution is -0.152. The monoisotopic (exact) mass is 541 g/mol. The van der Waals surface area contributed by atoms with Gasteiger partial charge >= 0.3 is 6.18 Å². The van der Waals surface area contributed by atoms with Gasteiger partial charge in [0.05, 0.1) is 26.7 Å². The minimum Gasteiger partial charge on any atom is -0.484 e. The number of carbonyl (C=O) groups is 1. The van der Waals surface area contributed by atoms with Crippen LogP contribution in [0, 0.1) is 0 Å². The fourth-order valence-electron chi connectivity index (χ4n) is 3.28. The van der Waals surface area contributed by atoms with Crippen molar-refractivity contribution in [2.75, 3.05) is 11.9 Å². The molecular weight excluding hydrogens is 530 g/mol. The van der Waals surface area contributed by atoms with Crippen molar-refractivity contribution >= 4 is 57.4 Å². The molecule has 1 aromatic heterocycles. The van der Waals surface area contributed by atoms with E-state index in [0.29, 0.717) is 5.02 Å². The van der Waals surface area contributed by atoms with Gasteiger partial charge in [0.15, 0.2) is 6.61 Å². The zero-order valence-electron chi connectivity index (χ0n) is 17.4. The zero-order chi connectivity index (χ0) is 25.3. The van der Waals surface area contributed by atoms with E-state index in [4.69, 9.17) is 44.0 Å². The summed E-state index contributed by atoms with van der Waals surface area (Å²) in [5, 5.41) is 3.11. The molecule has 0 unspecified atom stereocenters. The number of hydrogen-bond acceptors (Lipinski definition) is 4. The molecule has 0 spiro atoms. The second-order valence-corrected chi connectivity index (χ2v) is 8.46. The summed E-state index contributed by atoms with van der Waals surface area (Å²) >= 11 is 17.7. The Morgan fingerprint density at radius 3 is 2.40 bits per heavy atom. The molecule has 1 N–H and O–H groups in total. The number of alkyl halides is 3. The fourth-order valence-corrected chi connectivity index (χ4v) is 3.75. The topological polar surface area (TPSA) is 68.5 Å². The molecule has 1 amide bonds. The van der Waals surface area contributed by atoms with Crippen molar-refractivity contribution in [3.05, 3.63) is 91.7 Å². The van der Waals surface area contributed by atoms with E-state index >= 15 is 0 Å². The fraction of sp³-hybridized carbons (Fsp3) is 0.0833. The molecule has 0 radical (unpaired) electrons. The van der Waals surface area contributed by atoms with Gasteiger partial charge in [-0.05, 0) is 42.0 Å². The van der Waals surface area contributed by atoms with E-state index in [2.05, 4.69) is 5.32 Å². The minimum absolute atomic E-state index is 0.00838. The van der Waals surface area contributed by atoms with E-state index in [0.717, 1.165) is 6.07 Å². The Hall–Kier alpha value is -3.20. The molecule has 0 aliphatic carbocycles. The van der Waals surface area contributed by atoms with E-state index in [1.807, 2.05) is 0 Å². The first kappa shape index (κ1) is 24.9. The van der Waals surface area contributed by atoms with E-state index in [9.17, 15) is 22.8 Å². The predicted octanol–water partition coefficient (Wildman–Crippen LogP) is 7.46. The summed E-state index contributed by atoms with van der Waals surface area (Å²) in [7, 11) is 0. The molecule has 0 bridgehead atoms. The number of ether oxygens (including phenoxy) is 1. The molecule has 0 atom stereocenters. The molecule has 0 saturated heterocycles. The third-order valence-corrected chi connectivity index (χ3v) is 5.92. The van der Waals surface area contributed by atoms with Crippen LogP contribution in [0.4, 0.5) is 18.9 Å². The molecule has 4 rings (SSSR count). The molecule has 0 aliphatic rings. The largest absolute Gasteiger partial charge is 0.484 e. The lowest BCUT2D eigenvalue weighted by atomic mass is 10.0. The smallest absolute Gasteiger partial charge is 0.450 e. The highest BCUT2D eigenvalue weighted by atomic mass is 35.5. The molecule has 0 saturated carbocycles. The van der Waals surface area contributed by atoms with Crippen LogP contribution in [0.15, 0.2) is 69.9 Å². The van der Waals surface area contributed by atoms with Crippen molar-refractivity contribution in [3.8, 4) is 16.9 Å². The predicted molar refractivity (Wildman–Crippen MR) is 129 cm³/mol. The van der Waals surface area contributed by atoms with Crippen molar-refractivity contribution in [3.63, 3.8) is 0 Å². The van der Waals surface area contributed by atoms with Gasteiger partial charge in [0.1, 0.15) is 11.3 Å².